The minimum absolute atomic E-state index is 0.244. The summed E-state index contributed by atoms with van der Waals surface area (Å²) >= 11 is 0. The van der Waals surface area contributed by atoms with Crippen LogP contribution in [0.1, 0.15) is 37.4 Å². The molecule has 1 heterocycles. The quantitative estimate of drug-likeness (QED) is 0.833. The number of anilines is 1. The fourth-order valence-corrected chi connectivity index (χ4v) is 4.33. The van der Waals surface area contributed by atoms with Gasteiger partial charge in [0, 0.05) is 12.0 Å². The largest absolute Gasteiger partial charge is 0.487 e. The molecule has 0 aliphatic carbocycles. The number of sulfonamides is 1. The molecular weight excluding hydrogens is 376 g/mol. The van der Waals surface area contributed by atoms with Crippen molar-refractivity contribution in [3.8, 4) is 5.75 Å². The number of hydrogen-bond acceptors (Lipinski definition) is 4. The summed E-state index contributed by atoms with van der Waals surface area (Å²) in [6, 6.07) is 14.4. The molecule has 0 spiro atoms. The van der Waals surface area contributed by atoms with E-state index in [1.165, 1.54) is 0 Å². The van der Waals surface area contributed by atoms with Gasteiger partial charge in [0.05, 0.1) is 18.0 Å². The highest BCUT2D eigenvalue weighted by molar-refractivity contribution is 7.92. The highest BCUT2D eigenvalue weighted by Crippen LogP contribution is 2.39. The van der Waals surface area contributed by atoms with Crippen LogP contribution in [0.3, 0.4) is 0 Å². The van der Waals surface area contributed by atoms with E-state index < -0.39 is 15.6 Å². The Morgan fingerprint density at radius 1 is 1.21 bits per heavy atom. The lowest BCUT2D eigenvalue weighted by Crippen LogP contribution is -2.45. The van der Waals surface area contributed by atoms with E-state index in [1.807, 2.05) is 51.1 Å². The van der Waals surface area contributed by atoms with Crippen LogP contribution in [0.2, 0.25) is 0 Å². The zero-order chi connectivity index (χ0) is 20.5. The Kier molecular flexibility index (Phi) is 5.39. The van der Waals surface area contributed by atoms with Crippen LogP contribution >= 0.6 is 0 Å². The van der Waals surface area contributed by atoms with E-state index >= 15 is 0 Å². The van der Waals surface area contributed by atoms with Crippen LogP contribution in [-0.2, 0) is 14.8 Å². The van der Waals surface area contributed by atoms with E-state index in [2.05, 4.69) is 5.32 Å². The standard InChI is InChI=1S/C21H26N2O4S/c1-15-8-7-9-16(12-15)23(28(4,25)26)14-20(24)22-18-13-21(2,3)27-19-11-6-5-10-17(18)19/h5-12,18H,13-14H2,1-4H3,(H,22,24)/t18-/m0/s1. The molecule has 28 heavy (non-hydrogen) atoms. The summed E-state index contributed by atoms with van der Waals surface area (Å²) in [5, 5.41) is 2.99. The average Bonchev–Trinajstić information content (AvgIpc) is 2.57. The Bertz CT molecular complexity index is 985. The minimum Gasteiger partial charge on any atom is -0.487 e. The monoisotopic (exact) mass is 402 g/mol. The number of nitrogens with one attached hydrogen (secondary N) is 1. The molecule has 2 aromatic rings. The van der Waals surface area contributed by atoms with Gasteiger partial charge in [0.2, 0.25) is 15.9 Å². The number of fused-ring (bicyclic) bond motifs is 1. The van der Waals surface area contributed by atoms with Gasteiger partial charge in [-0.1, -0.05) is 30.3 Å². The third-order valence-electron chi connectivity index (χ3n) is 4.69. The molecule has 0 bridgehead atoms. The fourth-order valence-electron chi connectivity index (χ4n) is 3.48. The van der Waals surface area contributed by atoms with Gasteiger partial charge in [-0.3, -0.25) is 9.10 Å². The molecule has 6 nitrogen and oxygen atoms in total. The summed E-state index contributed by atoms with van der Waals surface area (Å²) in [5.74, 6) is 0.382. The maximum atomic E-state index is 12.8. The first-order chi connectivity index (χ1) is 13.0. The van der Waals surface area contributed by atoms with E-state index in [0.717, 1.165) is 27.4 Å². The summed E-state index contributed by atoms with van der Waals surface area (Å²) in [6.45, 7) is 5.54. The molecule has 0 unspecified atom stereocenters. The van der Waals surface area contributed by atoms with Crippen LogP contribution in [-0.4, -0.2) is 32.7 Å². The van der Waals surface area contributed by atoms with E-state index in [0.29, 0.717) is 12.1 Å². The number of carbonyl (C=O) groups is 1. The first-order valence-corrected chi connectivity index (χ1v) is 11.0. The molecule has 1 atom stereocenters. The molecule has 0 aromatic heterocycles. The molecule has 0 saturated heterocycles. The lowest BCUT2D eigenvalue weighted by Gasteiger charge is -2.38. The van der Waals surface area contributed by atoms with Crippen molar-refractivity contribution in [3.05, 3.63) is 59.7 Å². The van der Waals surface area contributed by atoms with Crippen molar-refractivity contribution in [1.82, 2.24) is 5.32 Å². The number of hydrogen-bond donors (Lipinski definition) is 1. The van der Waals surface area contributed by atoms with Crippen molar-refractivity contribution in [2.75, 3.05) is 17.1 Å². The maximum absolute atomic E-state index is 12.8. The third-order valence-corrected chi connectivity index (χ3v) is 5.83. The van der Waals surface area contributed by atoms with Gasteiger partial charge >= 0.3 is 0 Å². The molecule has 0 saturated carbocycles. The Morgan fingerprint density at radius 2 is 1.93 bits per heavy atom. The molecule has 1 aliphatic rings. The zero-order valence-corrected chi connectivity index (χ0v) is 17.4. The van der Waals surface area contributed by atoms with Crippen molar-refractivity contribution < 1.29 is 17.9 Å². The molecule has 1 amide bonds. The van der Waals surface area contributed by atoms with Crippen LogP contribution in [0.25, 0.3) is 0 Å². The molecule has 3 rings (SSSR count). The topological polar surface area (TPSA) is 75.7 Å². The number of para-hydroxylation sites is 1. The van der Waals surface area contributed by atoms with Gasteiger partial charge < -0.3 is 10.1 Å². The Balaban J connectivity index is 1.82. The Hall–Kier alpha value is -2.54. The van der Waals surface area contributed by atoms with Gasteiger partial charge in [0.1, 0.15) is 17.9 Å². The van der Waals surface area contributed by atoms with Crippen LogP contribution in [0, 0.1) is 6.92 Å². The number of nitrogens with zero attached hydrogens (tertiary/aromatic N) is 1. The molecule has 0 radical (unpaired) electrons. The summed E-state index contributed by atoms with van der Waals surface area (Å²) < 4.78 is 31.7. The van der Waals surface area contributed by atoms with Gasteiger partial charge in [-0.05, 0) is 44.5 Å². The average molecular weight is 403 g/mol. The number of ether oxygens (including phenoxy) is 1. The molecule has 7 heteroatoms. The van der Waals surface area contributed by atoms with E-state index in [9.17, 15) is 13.2 Å². The number of rotatable bonds is 5. The number of aryl methyl sites for hydroxylation is 1. The second-order valence-corrected chi connectivity index (χ2v) is 9.74. The molecule has 0 fully saturated rings. The minimum atomic E-state index is -3.61. The number of amides is 1. The van der Waals surface area contributed by atoms with Gasteiger partial charge in [-0.25, -0.2) is 8.42 Å². The van der Waals surface area contributed by atoms with Crippen LogP contribution in [0.4, 0.5) is 5.69 Å². The van der Waals surface area contributed by atoms with Crippen molar-refractivity contribution in [2.45, 2.75) is 38.8 Å². The van der Waals surface area contributed by atoms with Gasteiger partial charge in [-0.2, -0.15) is 0 Å². The molecular formula is C21H26N2O4S. The van der Waals surface area contributed by atoms with E-state index in [4.69, 9.17) is 4.74 Å². The van der Waals surface area contributed by atoms with Gasteiger partial charge in [0.15, 0.2) is 0 Å². The predicted octanol–water partition coefficient (Wildman–Crippen LogP) is 3.18. The smallest absolute Gasteiger partial charge is 0.241 e. The van der Waals surface area contributed by atoms with E-state index in [1.54, 1.807) is 18.2 Å². The predicted molar refractivity (Wildman–Crippen MR) is 110 cm³/mol. The van der Waals surface area contributed by atoms with Gasteiger partial charge in [0.25, 0.3) is 0 Å². The van der Waals surface area contributed by atoms with Crippen LogP contribution < -0.4 is 14.4 Å². The molecule has 2 aromatic carbocycles. The first kappa shape index (κ1) is 20.2. The maximum Gasteiger partial charge on any atom is 0.241 e. The second-order valence-electron chi connectivity index (χ2n) is 7.83. The summed E-state index contributed by atoms with van der Waals surface area (Å²) in [4.78, 5) is 12.8. The first-order valence-electron chi connectivity index (χ1n) is 9.17. The summed E-state index contributed by atoms with van der Waals surface area (Å²) in [6.07, 6.45) is 1.70. The summed E-state index contributed by atoms with van der Waals surface area (Å²) in [5.41, 5.74) is 1.87. The highest BCUT2D eigenvalue weighted by Gasteiger charge is 2.34. The third kappa shape index (κ3) is 4.65. The van der Waals surface area contributed by atoms with Crippen molar-refractivity contribution >= 4 is 21.6 Å². The Labute approximate surface area is 166 Å². The molecule has 1 aliphatic heterocycles. The van der Waals surface area contributed by atoms with Crippen molar-refractivity contribution in [2.24, 2.45) is 0 Å². The Morgan fingerprint density at radius 3 is 2.61 bits per heavy atom. The second kappa shape index (κ2) is 7.47. The lowest BCUT2D eigenvalue weighted by atomic mass is 9.89. The highest BCUT2D eigenvalue weighted by atomic mass is 32.2. The van der Waals surface area contributed by atoms with Gasteiger partial charge in [-0.15, -0.1) is 0 Å². The summed E-state index contributed by atoms with van der Waals surface area (Å²) in [7, 11) is -3.61. The normalized spacial score (nSPS) is 17.9. The SMILES string of the molecule is Cc1cccc(N(CC(=O)N[C@H]2CC(C)(C)Oc3ccccc32)S(C)(=O)=O)c1. The lowest BCUT2D eigenvalue weighted by molar-refractivity contribution is -0.120. The van der Waals surface area contributed by atoms with Crippen LogP contribution in [0.15, 0.2) is 48.5 Å². The van der Waals surface area contributed by atoms with E-state index in [-0.39, 0.29) is 18.5 Å². The fraction of sp³-hybridized carbons (Fsp3) is 0.381. The van der Waals surface area contributed by atoms with Crippen molar-refractivity contribution in [3.63, 3.8) is 0 Å². The molecule has 1 N–H and O–H groups in total. The number of benzene rings is 2. The zero-order valence-electron chi connectivity index (χ0n) is 16.6. The van der Waals surface area contributed by atoms with Crippen LogP contribution in [0.5, 0.6) is 5.75 Å². The molecule has 150 valence electrons. The van der Waals surface area contributed by atoms with Crippen molar-refractivity contribution in [1.29, 1.82) is 0 Å². The number of carbonyl (C=O) groups excluding carboxylic acids is 1.